The molecular formula is C32H30Cl4S. The molecule has 0 aliphatic rings. The van der Waals surface area contributed by atoms with Gasteiger partial charge in [0, 0.05) is 20.9 Å². The maximum absolute atomic E-state index is 7.91. The van der Waals surface area contributed by atoms with Gasteiger partial charge in [-0.25, -0.2) is 0 Å². The van der Waals surface area contributed by atoms with Crippen molar-refractivity contribution in [1.29, 1.82) is 0 Å². The van der Waals surface area contributed by atoms with Crippen LogP contribution in [0.2, 0.25) is 10.0 Å². The molecule has 0 heterocycles. The lowest BCUT2D eigenvalue weighted by atomic mass is 9.77. The quantitative estimate of drug-likeness (QED) is 0.185. The number of hydrogen-bond donors (Lipinski definition) is 0. The Balaban J connectivity index is 1.98. The van der Waals surface area contributed by atoms with Crippen LogP contribution < -0.4 is 0 Å². The number of halogens is 4. The van der Waals surface area contributed by atoms with Crippen LogP contribution in [0.25, 0.3) is 0 Å². The van der Waals surface area contributed by atoms with E-state index in [-0.39, 0.29) is 0 Å². The van der Waals surface area contributed by atoms with Crippen molar-refractivity contribution in [1.82, 2.24) is 0 Å². The Morgan fingerprint density at radius 3 is 1.03 bits per heavy atom. The van der Waals surface area contributed by atoms with Gasteiger partial charge >= 0.3 is 0 Å². The largest absolute Gasteiger partial charge is 0.126 e. The molecule has 0 amide bonds. The first-order valence-electron chi connectivity index (χ1n) is 12.1. The second-order valence-electron chi connectivity index (χ2n) is 10.3. The lowest BCUT2D eigenvalue weighted by molar-refractivity contribution is 0.440. The average Bonchev–Trinajstić information content (AvgIpc) is 2.90. The summed E-state index contributed by atoms with van der Waals surface area (Å²) in [5, 5.41) is 1.31. The normalized spacial score (nSPS) is 15.6. The van der Waals surface area contributed by atoms with Gasteiger partial charge in [0.05, 0.1) is 0 Å². The Kier molecular flexibility index (Phi) is 8.34. The topological polar surface area (TPSA) is 0 Å². The zero-order valence-corrected chi connectivity index (χ0v) is 25.2. The highest BCUT2D eigenvalue weighted by Crippen LogP contribution is 2.66. The predicted octanol–water partition coefficient (Wildman–Crippen LogP) is 11.2. The van der Waals surface area contributed by atoms with E-state index in [1.54, 1.807) is 11.8 Å². The summed E-state index contributed by atoms with van der Waals surface area (Å²) in [6.07, 6.45) is 0. The van der Waals surface area contributed by atoms with E-state index in [2.05, 4.69) is 52.0 Å². The minimum atomic E-state index is -0.980. The zero-order chi connectivity index (χ0) is 26.9. The van der Waals surface area contributed by atoms with E-state index in [4.69, 9.17) is 46.4 Å². The first-order valence-corrected chi connectivity index (χ1v) is 14.5. The number of hydrogen-bond acceptors (Lipinski definition) is 1. The van der Waals surface area contributed by atoms with Gasteiger partial charge in [-0.2, -0.15) is 0 Å². The second-order valence-corrected chi connectivity index (χ2v) is 14.2. The van der Waals surface area contributed by atoms with Gasteiger partial charge in [0.15, 0.2) is 0 Å². The molecule has 4 rings (SSSR count). The molecule has 2 unspecified atom stereocenters. The van der Waals surface area contributed by atoms with Crippen molar-refractivity contribution in [2.75, 3.05) is 0 Å². The van der Waals surface area contributed by atoms with Crippen LogP contribution >= 0.6 is 58.2 Å². The Morgan fingerprint density at radius 2 is 0.730 bits per heavy atom. The third-order valence-electron chi connectivity index (χ3n) is 7.31. The van der Waals surface area contributed by atoms with Gasteiger partial charge in [0.25, 0.3) is 0 Å². The fraction of sp³-hybridized carbons (Fsp3) is 0.250. The van der Waals surface area contributed by atoms with Gasteiger partial charge in [-0.15, -0.1) is 35.0 Å². The van der Waals surface area contributed by atoms with E-state index in [1.807, 2.05) is 84.9 Å². The third kappa shape index (κ3) is 5.32. The Hall–Kier alpha value is -1.61. The average molecular weight is 588 g/mol. The maximum atomic E-state index is 7.91. The van der Waals surface area contributed by atoms with Gasteiger partial charge in [-0.3, -0.25) is 0 Å². The number of benzene rings is 4. The minimum absolute atomic E-state index is 0.534. The fourth-order valence-electron chi connectivity index (χ4n) is 4.70. The highest BCUT2D eigenvalue weighted by Gasteiger charge is 2.57. The summed E-state index contributed by atoms with van der Waals surface area (Å²) in [6, 6.07) is 36.2. The van der Waals surface area contributed by atoms with Gasteiger partial charge in [0.2, 0.25) is 0 Å². The van der Waals surface area contributed by atoms with Crippen LogP contribution in [0.15, 0.2) is 109 Å². The smallest absolute Gasteiger partial charge is 0.104 e. The van der Waals surface area contributed by atoms with E-state index in [0.717, 1.165) is 22.3 Å². The van der Waals surface area contributed by atoms with Crippen LogP contribution in [-0.2, 0) is 19.2 Å². The molecule has 0 aliphatic heterocycles. The van der Waals surface area contributed by atoms with Crippen molar-refractivity contribution in [2.45, 2.75) is 46.9 Å². The summed E-state index contributed by atoms with van der Waals surface area (Å²) in [5.41, 5.74) is 3.02. The summed E-state index contributed by atoms with van der Waals surface area (Å²) in [7, 11) is 0. The SMILES string of the molecule is CC(C)(c1ccccc1)C(Cl)(SC(Cl)(c1ccc(Cl)cc1)C(C)(C)c1ccccc1)c1ccc(Cl)cc1. The summed E-state index contributed by atoms with van der Waals surface area (Å²) >= 11 is 30.0. The molecule has 192 valence electrons. The molecule has 0 bridgehead atoms. The third-order valence-corrected chi connectivity index (χ3v) is 11.7. The van der Waals surface area contributed by atoms with Crippen LogP contribution in [0.3, 0.4) is 0 Å². The van der Waals surface area contributed by atoms with Crippen LogP contribution in [0.4, 0.5) is 0 Å². The van der Waals surface area contributed by atoms with E-state index >= 15 is 0 Å². The van der Waals surface area contributed by atoms with E-state index in [9.17, 15) is 0 Å². The molecular weight excluding hydrogens is 558 g/mol. The van der Waals surface area contributed by atoms with Crippen molar-refractivity contribution in [3.63, 3.8) is 0 Å². The van der Waals surface area contributed by atoms with E-state index < -0.39 is 19.2 Å². The molecule has 0 N–H and O–H groups in total. The predicted molar refractivity (Wildman–Crippen MR) is 164 cm³/mol. The molecule has 4 aromatic carbocycles. The van der Waals surface area contributed by atoms with E-state index in [0.29, 0.717) is 10.0 Å². The summed E-state index contributed by atoms with van der Waals surface area (Å²) in [5.74, 6) is 0. The van der Waals surface area contributed by atoms with Crippen LogP contribution in [-0.4, -0.2) is 0 Å². The number of rotatable bonds is 8. The molecule has 0 saturated carbocycles. The van der Waals surface area contributed by atoms with Gasteiger partial charge in [-0.05, 0) is 46.5 Å². The molecule has 0 saturated heterocycles. The standard InChI is InChI=1S/C32H30Cl4S/c1-29(2,23-11-7-5-8-12-23)31(35,25-15-19-27(33)20-16-25)37-32(36,26-17-21-28(34)22-18-26)30(3,4)24-13-9-6-10-14-24/h5-22H,1-4H3. The molecule has 5 heteroatoms. The van der Waals surface area contributed by atoms with Gasteiger partial charge < -0.3 is 0 Å². The van der Waals surface area contributed by atoms with Crippen LogP contribution in [0.1, 0.15) is 49.9 Å². The Bertz CT molecular complexity index is 1210. The highest BCUT2D eigenvalue weighted by molar-refractivity contribution is 8.03. The lowest BCUT2D eigenvalue weighted by Crippen LogP contribution is -2.46. The molecule has 4 aromatic rings. The van der Waals surface area contributed by atoms with Gasteiger partial charge in [-0.1, -0.05) is 136 Å². The fourth-order valence-corrected chi connectivity index (χ4v) is 7.87. The Labute approximate surface area is 245 Å². The van der Waals surface area contributed by atoms with E-state index in [1.165, 1.54) is 0 Å². The molecule has 0 aromatic heterocycles. The summed E-state index contributed by atoms with van der Waals surface area (Å²) in [4.78, 5) is 0. The molecule has 0 radical (unpaired) electrons. The molecule has 37 heavy (non-hydrogen) atoms. The minimum Gasteiger partial charge on any atom is -0.104 e. The van der Waals surface area contributed by atoms with Crippen LogP contribution in [0, 0.1) is 0 Å². The van der Waals surface area contributed by atoms with Crippen LogP contribution in [0.5, 0.6) is 0 Å². The molecule has 0 spiro atoms. The van der Waals surface area contributed by atoms with Crippen molar-refractivity contribution in [2.24, 2.45) is 0 Å². The summed E-state index contributed by atoms with van der Waals surface area (Å²) < 4.78 is -1.96. The molecule has 0 fully saturated rings. The Morgan fingerprint density at radius 1 is 0.432 bits per heavy atom. The highest BCUT2D eigenvalue weighted by atomic mass is 35.5. The first kappa shape index (κ1) is 28.4. The van der Waals surface area contributed by atoms with Crippen molar-refractivity contribution in [3.05, 3.63) is 141 Å². The van der Waals surface area contributed by atoms with Crippen molar-refractivity contribution < 1.29 is 0 Å². The second kappa shape index (κ2) is 10.9. The number of alkyl halides is 2. The van der Waals surface area contributed by atoms with Gasteiger partial charge in [0.1, 0.15) is 8.41 Å². The molecule has 0 aliphatic carbocycles. The monoisotopic (exact) mass is 586 g/mol. The first-order chi connectivity index (χ1) is 17.4. The zero-order valence-electron chi connectivity index (χ0n) is 21.3. The summed E-state index contributed by atoms with van der Waals surface area (Å²) in [6.45, 7) is 8.69. The van der Waals surface area contributed by atoms with Crippen molar-refractivity contribution >= 4 is 58.2 Å². The maximum Gasteiger partial charge on any atom is 0.126 e. The lowest BCUT2D eigenvalue weighted by Gasteiger charge is -2.51. The number of thioether (sulfide) groups is 1. The van der Waals surface area contributed by atoms with Crippen molar-refractivity contribution in [3.8, 4) is 0 Å². The molecule has 2 atom stereocenters. The molecule has 0 nitrogen and oxygen atoms in total.